The molecule has 3 rings (SSSR count). The van der Waals surface area contributed by atoms with E-state index in [4.69, 9.17) is 11.6 Å². The number of hydrogen-bond donors (Lipinski definition) is 0. The highest BCUT2D eigenvalue weighted by Crippen LogP contribution is 2.27. The van der Waals surface area contributed by atoms with E-state index in [2.05, 4.69) is 0 Å². The number of amides is 2. The zero-order chi connectivity index (χ0) is 17.4. The van der Waals surface area contributed by atoms with Crippen LogP contribution < -0.4 is 0 Å². The van der Waals surface area contributed by atoms with Crippen molar-refractivity contribution in [3.63, 3.8) is 0 Å². The zero-order valence-corrected chi connectivity index (χ0v) is 12.8. The first-order chi connectivity index (χ1) is 11.4. The number of carbonyl (C=O) groups excluding carboxylic acids is 3. The highest BCUT2D eigenvalue weighted by Gasteiger charge is 2.37. The van der Waals surface area contributed by atoms with Crippen LogP contribution in [0.3, 0.4) is 0 Å². The van der Waals surface area contributed by atoms with Crippen molar-refractivity contribution in [2.45, 2.75) is 0 Å². The number of carbonyl (C=O) groups is 3. The van der Waals surface area contributed by atoms with Crippen molar-refractivity contribution in [1.82, 2.24) is 4.90 Å². The van der Waals surface area contributed by atoms with E-state index in [0.29, 0.717) is 10.6 Å². The molecule has 0 aromatic heterocycles. The normalized spacial score (nSPS) is 13.1. The van der Waals surface area contributed by atoms with E-state index in [1.54, 1.807) is 0 Å². The Morgan fingerprint density at radius 1 is 1.04 bits per heavy atom. The molecule has 0 saturated heterocycles. The Bertz CT molecular complexity index is 892. The number of nitro groups is 1. The first-order valence-corrected chi connectivity index (χ1v) is 7.19. The van der Waals surface area contributed by atoms with Gasteiger partial charge in [-0.15, -0.1) is 0 Å². The minimum atomic E-state index is -0.721. The predicted molar refractivity (Wildman–Crippen MR) is 84.2 cm³/mol. The van der Waals surface area contributed by atoms with Gasteiger partial charge in [0.25, 0.3) is 17.5 Å². The van der Waals surface area contributed by atoms with Crippen molar-refractivity contribution in [3.05, 3.63) is 74.3 Å². The number of ketones is 1. The third-order valence-corrected chi connectivity index (χ3v) is 3.88. The molecule has 2 amide bonds. The largest absolute Gasteiger partial charge is 0.292 e. The topological polar surface area (TPSA) is 97.6 Å². The lowest BCUT2D eigenvalue weighted by atomic mass is 10.1. The van der Waals surface area contributed by atoms with E-state index in [-0.39, 0.29) is 16.8 Å². The van der Waals surface area contributed by atoms with E-state index in [9.17, 15) is 24.5 Å². The van der Waals surface area contributed by atoms with Crippen molar-refractivity contribution in [3.8, 4) is 0 Å². The number of benzene rings is 2. The van der Waals surface area contributed by atoms with E-state index < -0.39 is 29.1 Å². The summed E-state index contributed by atoms with van der Waals surface area (Å²) in [4.78, 5) is 47.7. The summed E-state index contributed by atoms with van der Waals surface area (Å²) < 4.78 is 0. The number of fused-ring (bicyclic) bond motifs is 1. The minimum absolute atomic E-state index is 0.0505. The van der Waals surface area contributed by atoms with E-state index >= 15 is 0 Å². The molecule has 120 valence electrons. The van der Waals surface area contributed by atoms with Gasteiger partial charge in [-0.1, -0.05) is 11.6 Å². The number of rotatable bonds is 4. The summed E-state index contributed by atoms with van der Waals surface area (Å²) in [6, 6.07) is 9.46. The average molecular weight is 345 g/mol. The van der Waals surface area contributed by atoms with Crippen LogP contribution in [0.15, 0.2) is 42.5 Å². The molecular weight excluding hydrogens is 336 g/mol. The molecule has 1 aliphatic rings. The van der Waals surface area contributed by atoms with Gasteiger partial charge in [-0.2, -0.15) is 0 Å². The Balaban J connectivity index is 1.86. The highest BCUT2D eigenvalue weighted by molar-refractivity contribution is 6.30. The second-order valence-electron chi connectivity index (χ2n) is 5.11. The third kappa shape index (κ3) is 2.65. The van der Waals surface area contributed by atoms with Crippen LogP contribution in [0, 0.1) is 10.1 Å². The van der Waals surface area contributed by atoms with Crippen LogP contribution in [0.4, 0.5) is 5.69 Å². The maximum Gasteiger partial charge on any atom is 0.270 e. The molecule has 2 aromatic carbocycles. The smallest absolute Gasteiger partial charge is 0.270 e. The molecule has 0 bridgehead atoms. The Kier molecular flexibility index (Phi) is 3.86. The number of imide groups is 1. The standard InChI is InChI=1S/C16H9ClN2O5/c17-10-3-1-9(2-4-10)14(20)8-18-15(21)12-6-5-11(19(23)24)7-13(12)16(18)22/h1-7H,8H2. The van der Waals surface area contributed by atoms with Crippen molar-refractivity contribution in [1.29, 1.82) is 0 Å². The van der Waals surface area contributed by atoms with Crippen molar-refractivity contribution < 1.29 is 19.3 Å². The number of Topliss-reactive ketones (excluding diaryl/α,β-unsaturated/α-hetero) is 1. The molecule has 0 radical (unpaired) electrons. The van der Waals surface area contributed by atoms with Crippen molar-refractivity contribution >= 4 is 34.9 Å². The summed E-state index contributed by atoms with van der Waals surface area (Å²) in [5, 5.41) is 11.2. The predicted octanol–water partition coefficient (Wildman–Crippen LogP) is 2.73. The molecule has 0 atom stereocenters. The first kappa shape index (κ1) is 15.8. The third-order valence-electron chi connectivity index (χ3n) is 3.63. The molecule has 1 aliphatic heterocycles. The SMILES string of the molecule is O=C(CN1C(=O)c2ccc([N+](=O)[O-])cc2C1=O)c1ccc(Cl)cc1. The molecule has 0 N–H and O–H groups in total. The molecule has 2 aromatic rings. The van der Waals surface area contributed by atoms with E-state index in [0.717, 1.165) is 17.0 Å². The molecule has 0 aliphatic carbocycles. The van der Waals surface area contributed by atoms with Gasteiger partial charge in [0.1, 0.15) is 0 Å². The molecule has 24 heavy (non-hydrogen) atoms. The van der Waals surface area contributed by atoms with Crippen LogP contribution >= 0.6 is 11.6 Å². The Labute approximate surface area is 140 Å². The summed E-state index contributed by atoms with van der Waals surface area (Å²) in [6.45, 7) is -0.443. The summed E-state index contributed by atoms with van der Waals surface area (Å²) >= 11 is 5.75. The van der Waals surface area contributed by atoms with Crippen LogP contribution in [0.1, 0.15) is 31.1 Å². The van der Waals surface area contributed by atoms with Crippen molar-refractivity contribution in [2.24, 2.45) is 0 Å². The Hall–Kier alpha value is -3.06. The van der Waals surface area contributed by atoms with Gasteiger partial charge >= 0.3 is 0 Å². The average Bonchev–Trinajstić information content (AvgIpc) is 2.80. The van der Waals surface area contributed by atoms with Crippen LogP contribution in [0.5, 0.6) is 0 Å². The Morgan fingerprint density at radius 3 is 2.29 bits per heavy atom. The van der Waals surface area contributed by atoms with Gasteiger partial charge < -0.3 is 0 Å². The van der Waals surface area contributed by atoms with Crippen LogP contribution in [-0.4, -0.2) is 34.0 Å². The number of nitro benzene ring substituents is 1. The van der Waals surface area contributed by atoms with Crippen LogP contribution in [0.2, 0.25) is 5.02 Å². The number of halogens is 1. The quantitative estimate of drug-likeness (QED) is 0.367. The lowest BCUT2D eigenvalue weighted by Gasteiger charge is -2.12. The highest BCUT2D eigenvalue weighted by atomic mass is 35.5. The monoisotopic (exact) mass is 344 g/mol. The fourth-order valence-corrected chi connectivity index (χ4v) is 2.53. The molecule has 0 saturated carbocycles. The number of hydrogen-bond acceptors (Lipinski definition) is 5. The summed E-state index contributed by atoms with van der Waals surface area (Å²) in [7, 11) is 0. The fourth-order valence-electron chi connectivity index (χ4n) is 2.41. The second-order valence-corrected chi connectivity index (χ2v) is 5.55. The maximum atomic E-state index is 12.3. The molecule has 8 heteroatoms. The van der Waals surface area contributed by atoms with E-state index in [1.165, 1.54) is 30.3 Å². The summed E-state index contributed by atoms with van der Waals surface area (Å²) in [6.07, 6.45) is 0. The summed E-state index contributed by atoms with van der Waals surface area (Å²) in [5.41, 5.74) is -0.00433. The molecular formula is C16H9ClN2O5. The molecule has 7 nitrogen and oxygen atoms in total. The Morgan fingerprint density at radius 2 is 1.67 bits per heavy atom. The van der Waals surface area contributed by atoms with Gasteiger partial charge in [-0.25, -0.2) is 0 Å². The van der Waals surface area contributed by atoms with Gasteiger partial charge in [-0.05, 0) is 30.3 Å². The number of nitrogens with zero attached hydrogens (tertiary/aromatic N) is 2. The van der Waals surface area contributed by atoms with Gasteiger partial charge in [0.05, 0.1) is 22.6 Å². The molecule has 0 spiro atoms. The van der Waals surface area contributed by atoms with Crippen molar-refractivity contribution in [2.75, 3.05) is 6.54 Å². The lowest BCUT2D eigenvalue weighted by molar-refractivity contribution is -0.384. The van der Waals surface area contributed by atoms with Crippen LogP contribution in [-0.2, 0) is 0 Å². The van der Waals surface area contributed by atoms with E-state index in [1.807, 2.05) is 0 Å². The first-order valence-electron chi connectivity index (χ1n) is 6.82. The minimum Gasteiger partial charge on any atom is -0.292 e. The zero-order valence-electron chi connectivity index (χ0n) is 12.1. The van der Waals surface area contributed by atoms with Gasteiger partial charge in [-0.3, -0.25) is 29.4 Å². The molecule has 0 unspecified atom stereocenters. The molecule has 1 heterocycles. The summed E-state index contributed by atoms with van der Waals surface area (Å²) in [5.74, 6) is -1.80. The second kappa shape index (κ2) is 5.86. The number of non-ortho nitro benzene ring substituents is 1. The maximum absolute atomic E-state index is 12.3. The fraction of sp³-hybridized carbons (Fsp3) is 0.0625. The molecule has 0 fully saturated rings. The van der Waals surface area contributed by atoms with Crippen LogP contribution in [0.25, 0.3) is 0 Å². The van der Waals surface area contributed by atoms with Gasteiger partial charge in [0.2, 0.25) is 0 Å². The van der Waals surface area contributed by atoms with Gasteiger partial charge in [0.15, 0.2) is 5.78 Å². The van der Waals surface area contributed by atoms with Gasteiger partial charge in [0, 0.05) is 22.7 Å². The lowest BCUT2D eigenvalue weighted by Crippen LogP contribution is -2.34.